The molecular weight excluding hydrogens is 298 g/mol. The maximum absolute atomic E-state index is 6.43. The number of para-hydroxylation sites is 2. The van der Waals surface area contributed by atoms with Crippen LogP contribution < -0.4 is 15.0 Å². The van der Waals surface area contributed by atoms with Crippen LogP contribution in [0.1, 0.15) is 19.4 Å². The Kier molecular flexibility index (Phi) is 4.74. The van der Waals surface area contributed by atoms with E-state index in [1.165, 1.54) is 11.1 Å². The molecule has 0 fully saturated rings. The molecule has 24 heavy (non-hydrogen) atoms. The van der Waals surface area contributed by atoms with Crippen molar-refractivity contribution in [3.63, 3.8) is 0 Å². The number of anilines is 1. The van der Waals surface area contributed by atoms with Gasteiger partial charge in [-0.3, -0.25) is 5.73 Å². The van der Waals surface area contributed by atoms with Crippen molar-refractivity contribution in [1.82, 2.24) is 4.57 Å². The molecule has 0 aliphatic heterocycles. The number of hydrogen-bond acceptors (Lipinski definition) is 2. The Labute approximate surface area is 143 Å². The first-order valence-electron chi connectivity index (χ1n) is 8.52. The van der Waals surface area contributed by atoms with Crippen molar-refractivity contribution < 1.29 is 9.30 Å². The highest BCUT2D eigenvalue weighted by atomic mass is 16.5. The second-order valence-electron chi connectivity index (χ2n) is 6.66. The van der Waals surface area contributed by atoms with Crippen molar-refractivity contribution in [2.75, 3.05) is 12.3 Å². The van der Waals surface area contributed by atoms with Crippen LogP contribution in [0.2, 0.25) is 0 Å². The lowest BCUT2D eigenvalue weighted by molar-refractivity contribution is -0.663. The van der Waals surface area contributed by atoms with Gasteiger partial charge in [0.1, 0.15) is 29.9 Å². The number of nitrogens with zero attached hydrogens (tertiary/aromatic N) is 2. The van der Waals surface area contributed by atoms with Crippen LogP contribution in [-0.2, 0) is 13.1 Å². The van der Waals surface area contributed by atoms with Crippen LogP contribution in [0.25, 0.3) is 11.0 Å². The maximum Gasteiger partial charge on any atom is 0.356 e. The first-order chi connectivity index (χ1) is 11.6. The van der Waals surface area contributed by atoms with Crippen LogP contribution in [0, 0.1) is 12.8 Å². The average Bonchev–Trinajstić information content (AvgIpc) is 2.82. The van der Waals surface area contributed by atoms with Crippen LogP contribution in [0.4, 0.5) is 5.95 Å². The van der Waals surface area contributed by atoms with Gasteiger partial charge in [-0.25, -0.2) is 9.13 Å². The van der Waals surface area contributed by atoms with Crippen molar-refractivity contribution in [3.8, 4) is 5.75 Å². The van der Waals surface area contributed by atoms with Gasteiger partial charge in [0.05, 0.1) is 6.54 Å². The van der Waals surface area contributed by atoms with Crippen LogP contribution in [0.3, 0.4) is 0 Å². The summed E-state index contributed by atoms with van der Waals surface area (Å²) in [6.07, 6.45) is 0. The van der Waals surface area contributed by atoms with E-state index in [1.807, 2.05) is 12.1 Å². The summed E-state index contributed by atoms with van der Waals surface area (Å²) < 4.78 is 10.2. The lowest BCUT2D eigenvalue weighted by Gasteiger charge is -2.07. The normalized spacial score (nSPS) is 11.3. The van der Waals surface area contributed by atoms with E-state index in [0.29, 0.717) is 12.5 Å². The molecule has 0 unspecified atom stereocenters. The van der Waals surface area contributed by atoms with E-state index in [-0.39, 0.29) is 0 Å². The molecule has 1 aromatic heterocycles. The second kappa shape index (κ2) is 6.95. The highest BCUT2D eigenvalue weighted by Crippen LogP contribution is 2.17. The zero-order chi connectivity index (χ0) is 17.1. The molecule has 0 aliphatic carbocycles. The van der Waals surface area contributed by atoms with Gasteiger partial charge in [-0.2, -0.15) is 0 Å². The largest absolute Gasteiger partial charge is 0.490 e. The smallest absolute Gasteiger partial charge is 0.356 e. The minimum Gasteiger partial charge on any atom is -0.490 e. The van der Waals surface area contributed by atoms with E-state index in [9.17, 15) is 0 Å². The van der Waals surface area contributed by atoms with E-state index in [1.54, 1.807) is 0 Å². The predicted molar refractivity (Wildman–Crippen MR) is 98.1 cm³/mol. The molecule has 0 amide bonds. The summed E-state index contributed by atoms with van der Waals surface area (Å²) in [5.74, 6) is 2.23. The molecule has 1 heterocycles. The molecule has 3 rings (SSSR count). The van der Waals surface area contributed by atoms with Gasteiger partial charge in [0, 0.05) is 0 Å². The third kappa shape index (κ3) is 3.37. The zero-order valence-corrected chi connectivity index (χ0v) is 14.7. The van der Waals surface area contributed by atoms with Crippen LogP contribution in [0.5, 0.6) is 5.75 Å². The minimum atomic E-state index is 0.542. The van der Waals surface area contributed by atoms with E-state index in [0.717, 1.165) is 30.3 Å². The van der Waals surface area contributed by atoms with Crippen molar-refractivity contribution in [2.24, 2.45) is 5.92 Å². The van der Waals surface area contributed by atoms with Crippen LogP contribution in [0.15, 0.2) is 48.5 Å². The summed E-state index contributed by atoms with van der Waals surface area (Å²) in [6, 6.07) is 16.5. The molecule has 0 radical (unpaired) electrons. The van der Waals surface area contributed by atoms with E-state index < -0.39 is 0 Å². The maximum atomic E-state index is 6.43. The number of rotatable bonds is 6. The summed E-state index contributed by atoms with van der Waals surface area (Å²) in [6.45, 7) is 8.72. The first kappa shape index (κ1) is 16.4. The Bertz CT molecular complexity index is 819. The molecule has 0 spiro atoms. The molecule has 0 bridgehead atoms. The zero-order valence-electron chi connectivity index (χ0n) is 14.7. The van der Waals surface area contributed by atoms with Gasteiger partial charge >= 0.3 is 5.95 Å². The number of fused-ring (bicyclic) bond motifs is 1. The highest BCUT2D eigenvalue weighted by Gasteiger charge is 2.21. The van der Waals surface area contributed by atoms with Gasteiger partial charge in [0.2, 0.25) is 0 Å². The third-order valence-corrected chi connectivity index (χ3v) is 4.17. The number of nitrogens with two attached hydrogens (primary N) is 1. The van der Waals surface area contributed by atoms with Gasteiger partial charge in [-0.1, -0.05) is 43.7 Å². The summed E-state index contributed by atoms with van der Waals surface area (Å²) in [5, 5.41) is 0. The molecule has 126 valence electrons. The molecule has 0 saturated carbocycles. The van der Waals surface area contributed by atoms with Crippen molar-refractivity contribution in [2.45, 2.75) is 33.9 Å². The molecule has 2 aromatic carbocycles. The number of benzene rings is 2. The molecule has 0 aliphatic rings. The molecule has 3 aromatic rings. The molecular formula is C20H26N3O+. The lowest BCUT2D eigenvalue weighted by atomic mass is 10.2. The number of hydrogen-bond donors (Lipinski definition) is 1. The fourth-order valence-electron chi connectivity index (χ4n) is 2.99. The molecule has 0 saturated heterocycles. The summed E-state index contributed by atoms with van der Waals surface area (Å²) in [7, 11) is 0. The second-order valence-corrected chi connectivity index (χ2v) is 6.66. The highest BCUT2D eigenvalue weighted by molar-refractivity contribution is 5.73. The van der Waals surface area contributed by atoms with E-state index >= 15 is 0 Å². The Hall–Kier alpha value is -2.49. The minimum absolute atomic E-state index is 0.542. The molecule has 2 N–H and O–H groups in total. The van der Waals surface area contributed by atoms with Gasteiger partial charge in [0.15, 0.2) is 0 Å². The quantitative estimate of drug-likeness (QED) is 0.705. The summed E-state index contributed by atoms with van der Waals surface area (Å²) >= 11 is 0. The van der Waals surface area contributed by atoms with Gasteiger partial charge in [0.25, 0.3) is 0 Å². The van der Waals surface area contributed by atoms with Gasteiger partial charge in [-0.05, 0) is 37.1 Å². The fourth-order valence-corrected chi connectivity index (χ4v) is 2.99. The van der Waals surface area contributed by atoms with Crippen molar-refractivity contribution in [3.05, 3.63) is 54.1 Å². The van der Waals surface area contributed by atoms with Gasteiger partial charge in [-0.15, -0.1) is 0 Å². The number of ether oxygens (including phenoxy) is 1. The SMILES string of the molecule is Cc1ccc(OCCn2c(N)[n+](CC(C)C)c3ccccc32)cc1. The molecule has 4 nitrogen and oxygen atoms in total. The Morgan fingerprint density at radius 3 is 2.50 bits per heavy atom. The van der Waals surface area contributed by atoms with Crippen LogP contribution in [-0.4, -0.2) is 11.2 Å². The number of aromatic nitrogens is 2. The number of imidazole rings is 1. The lowest BCUT2D eigenvalue weighted by Crippen LogP contribution is -2.39. The van der Waals surface area contributed by atoms with Crippen molar-refractivity contribution >= 4 is 17.0 Å². The third-order valence-electron chi connectivity index (χ3n) is 4.17. The molecule has 0 atom stereocenters. The van der Waals surface area contributed by atoms with Crippen molar-refractivity contribution in [1.29, 1.82) is 0 Å². The first-order valence-corrected chi connectivity index (χ1v) is 8.52. The Morgan fingerprint density at radius 1 is 1.08 bits per heavy atom. The van der Waals surface area contributed by atoms with E-state index in [4.69, 9.17) is 10.5 Å². The fraction of sp³-hybridized carbons (Fsp3) is 0.350. The topological polar surface area (TPSA) is 44.1 Å². The van der Waals surface area contributed by atoms with E-state index in [2.05, 4.69) is 66.3 Å². The predicted octanol–water partition coefficient (Wildman–Crippen LogP) is 3.55. The summed E-state index contributed by atoms with van der Waals surface area (Å²) in [4.78, 5) is 0. The Morgan fingerprint density at radius 2 is 1.79 bits per heavy atom. The van der Waals surface area contributed by atoms with Crippen LogP contribution >= 0.6 is 0 Å². The number of nitrogen functional groups attached to an aromatic ring is 1. The monoisotopic (exact) mass is 324 g/mol. The van der Waals surface area contributed by atoms with Gasteiger partial charge < -0.3 is 4.74 Å². The molecule has 4 heteroatoms. The Balaban J connectivity index is 1.81. The summed E-state index contributed by atoms with van der Waals surface area (Å²) in [5.41, 5.74) is 10.0. The standard InChI is InChI=1S/C20H25N3O/c1-15(2)14-23-19-7-5-4-6-18(19)22(20(23)21)12-13-24-17-10-8-16(3)9-11-17/h4-11,15,21H,12-14H2,1-3H3/p+1. The number of aryl methyl sites for hydroxylation is 1. The average molecular weight is 324 g/mol.